The standard InChI is InChI=1S/C10H12S2/c1-2-4-9(5-3-1)10-8-11-6-7-12-10/h1-5,10H,6-8H2. The monoisotopic (exact) mass is 196 g/mol. The normalized spacial score (nSPS) is 23.8. The molecule has 0 amide bonds. The number of thioether (sulfide) groups is 2. The molecule has 0 saturated carbocycles. The fourth-order valence-corrected chi connectivity index (χ4v) is 4.09. The van der Waals surface area contributed by atoms with E-state index >= 15 is 0 Å². The highest BCUT2D eigenvalue weighted by molar-refractivity contribution is 8.06. The van der Waals surface area contributed by atoms with Crippen LogP contribution in [0.5, 0.6) is 0 Å². The van der Waals surface area contributed by atoms with Crippen molar-refractivity contribution in [3.63, 3.8) is 0 Å². The Morgan fingerprint density at radius 1 is 1.08 bits per heavy atom. The maximum atomic E-state index is 2.24. The van der Waals surface area contributed by atoms with E-state index < -0.39 is 0 Å². The fourth-order valence-electron chi connectivity index (χ4n) is 1.35. The van der Waals surface area contributed by atoms with Crippen LogP contribution in [0, 0.1) is 0 Å². The summed E-state index contributed by atoms with van der Waals surface area (Å²) in [7, 11) is 0. The van der Waals surface area contributed by atoms with Gasteiger partial charge in [0.05, 0.1) is 0 Å². The third kappa shape index (κ3) is 1.99. The summed E-state index contributed by atoms with van der Waals surface area (Å²) >= 11 is 4.17. The Hall–Kier alpha value is -0.0800. The molecule has 1 aromatic carbocycles. The van der Waals surface area contributed by atoms with Gasteiger partial charge in [-0.05, 0) is 5.56 Å². The Morgan fingerprint density at radius 3 is 2.58 bits per heavy atom. The SMILES string of the molecule is c1ccc(C2CSCCS2)cc1. The van der Waals surface area contributed by atoms with Crippen molar-refractivity contribution in [1.29, 1.82) is 0 Å². The predicted molar refractivity (Wildman–Crippen MR) is 59.0 cm³/mol. The smallest absolute Gasteiger partial charge is 0.0388 e. The molecule has 12 heavy (non-hydrogen) atoms. The molecular weight excluding hydrogens is 184 g/mol. The first-order chi connectivity index (χ1) is 5.97. The molecule has 1 atom stereocenters. The number of rotatable bonds is 1. The quantitative estimate of drug-likeness (QED) is 0.676. The maximum absolute atomic E-state index is 2.24. The van der Waals surface area contributed by atoms with Gasteiger partial charge >= 0.3 is 0 Å². The molecule has 0 radical (unpaired) electrons. The second kappa shape index (κ2) is 4.24. The summed E-state index contributed by atoms with van der Waals surface area (Å²) < 4.78 is 0. The van der Waals surface area contributed by atoms with Crippen LogP contribution in [0.15, 0.2) is 30.3 Å². The van der Waals surface area contributed by atoms with Crippen LogP contribution in [0.3, 0.4) is 0 Å². The molecule has 0 N–H and O–H groups in total. The first kappa shape index (κ1) is 8.52. The highest BCUT2D eigenvalue weighted by atomic mass is 32.2. The Morgan fingerprint density at radius 2 is 1.92 bits per heavy atom. The van der Waals surface area contributed by atoms with Crippen LogP contribution in [-0.2, 0) is 0 Å². The van der Waals surface area contributed by atoms with E-state index in [1.165, 1.54) is 22.8 Å². The van der Waals surface area contributed by atoms with Crippen LogP contribution >= 0.6 is 23.5 Å². The second-order valence-corrected chi connectivity index (χ2v) is 5.31. The van der Waals surface area contributed by atoms with Gasteiger partial charge < -0.3 is 0 Å². The minimum Gasteiger partial charge on any atom is -0.160 e. The largest absolute Gasteiger partial charge is 0.160 e. The van der Waals surface area contributed by atoms with E-state index in [0.717, 1.165) is 5.25 Å². The molecule has 1 unspecified atom stereocenters. The van der Waals surface area contributed by atoms with Gasteiger partial charge in [-0.2, -0.15) is 23.5 Å². The molecule has 2 heteroatoms. The highest BCUT2D eigenvalue weighted by Crippen LogP contribution is 2.36. The summed E-state index contributed by atoms with van der Waals surface area (Å²) in [5.74, 6) is 3.92. The van der Waals surface area contributed by atoms with Crippen molar-refractivity contribution in [3.05, 3.63) is 35.9 Å². The van der Waals surface area contributed by atoms with Gasteiger partial charge in [-0.15, -0.1) is 0 Å². The summed E-state index contributed by atoms with van der Waals surface area (Å²) in [5, 5.41) is 0.741. The zero-order valence-corrected chi connectivity index (χ0v) is 8.53. The molecule has 2 rings (SSSR count). The Labute approximate surface area is 82.1 Å². The number of benzene rings is 1. The predicted octanol–water partition coefficient (Wildman–Crippen LogP) is 3.21. The molecule has 0 bridgehead atoms. The van der Waals surface area contributed by atoms with Crippen molar-refractivity contribution in [1.82, 2.24) is 0 Å². The van der Waals surface area contributed by atoms with Crippen molar-refractivity contribution in [2.24, 2.45) is 0 Å². The van der Waals surface area contributed by atoms with E-state index in [-0.39, 0.29) is 0 Å². The molecule has 1 fully saturated rings. The topological polar surface area (TPSA) is 0 Å². The van der Waals surface area contributed by atoms with E-state index in [2.05, 4.69) is 53.9 Å². The van der Waals surface area contributed by atoms with Gasteiger partial charge in [0.1, 0.15) is 0 Å². The lowest BCUT2D eigenvalue weighted by Crippen LogP contribution is -2.05. The van der Waals surface area contributed by atoms with Gasteiger partial charge in [-0.1, -0.05) is 30.3 Å². The lowest BCUT2D eigenvalue weighted by Gasteiger charge is -2.20. The van der Waals surface area contributed by atoms with Crippen LogP contribution in [0.4, 0.5) is 0 Å². The van der Waals surface area contributed by atoms with Crippen LogP contribution in [0.25, 0.3) is 0 Å². The molecule has 1 aromatic rings. The second-order valence-electron chi connectivity index (χ2n) is 2.85. The lowest BCUT2D eigenvalue weighted by molar-refractivity contribution is 1.10. The van der Waals surface area contributed by atoms with Crippen LogP contribution < -0.4 is 0 Å². The van der Waals surface area contributed by atoms with Crippen LogP contribution in [0.1, 0.15) is 10.8 Å². The summed E-state index contributed by atoms with van der Waals surface area (Å²) in [5.41, 5.74) is 1.50. The number of hydrogen-bond acceptors (Lipinski definition) is 2. The van der Waals surface area contributed by atoms with Gasteiger partial charge in [0.15, 0.2) is 0 Å². The minimum atomic E-state index is 0.741. The zero-order chi connectivity index (χ0) is 8.23. The van der Waals surface area contributed by atoms with E-state index in [0.29, 0.717) is 0 Å². The first-order valence-corrected chi connectivity index (χ1v) is 6.41. The molecule has 1 aliphatic rings. The molecule has 0 aliphatic carbocycles. The van der Waals surface area contributed by atoms with Crippen molar-refractivity contribution < 1.29 is 0 Å². The van der Waals surface area contributed by atoms with Crippen LogP contribution in [0.2, 0.25) is 0 Å². The molecule has 0 nitrogen and oxygen atoms in total. The first-order valence-electron chi connectivity index (χ1n) is 4.21. The van der Waals surface area contributed by atoms with E-state index in [1.54, 1.807) is 0 Å². The number of hydrogen-bond donors (Lipinski definition) is 0. The lowest BCUT2D eigenvalue weighted by atomic mass is 10.2. The van der Waals surface area contributed by atoms with E-state index in [9.17, 15) is 0 Å². The Bertz CT molecular complexity index is 227. The Balaban J connectivity index is 2.08. The van der Waals surface area contributed by atoms with Gasteiger partial charge in [0.25, 0.3) is 0 Å². The molecule has 1 heterocycles. The molecule has 1 saturated heterocycles. The van der Waals surface area contributed by atoms with Crippen LogP contribution in [-0.4, -0.2) is 17.3 Å². The molecule has 64 valence electrons. The third-order valence-corrected chi connectivity index (χ3v) is 4.80. The zero-order valence-electron chi connectivity index (χ0n) is 6.90. The summed E-state index contributed by atoms with van der Waals surface area (Å²) in [6, 6.07) is 10.8. The average Bonchev–Trinajstić information content (AvgIpc) is 2.21. The fraction of sp³-hybridized carbons (Fsp3) is 0.400. The van der Waals surface area contributed by atoms with E-state index in [4.69, 9.17) is 0 Å². The van der Waals surface area contributed by atoms with Crippen molar-refractivity contribution >= 4 is 23.5 Å². The van der Waals surface area contributed by atoms with Gasteiger partial charge in [0.2, 0.25) is 0 Å². The molecule has 0 spiro atoms. The molecule has 1 aliphatic heterocycles. The molecule has 0 aromatic heterocycles. The average molecular weight is 196 g/mol. The van der Waals surface area contributed by atoms with E-state index in [1.807, 2.05) is 0 Å². The summed E-state index contributed by atoms with van der Waals surface area (Å²) in [4.78, 5) is 0. The maximum Gasteiger partial charge on any atom is 0.0388 e. The minimum absolute atomic E-state index is 0.741. The Kier molecular flexibility index (Phi) is 3.01. The van der Waals surface area contributed by atoms with Crippen molar-refractivity contribution in [2.45, 2.75) is 5.25 Å². The summed E-state index contributed by atoms with van der Waals surface area (Å²) in [6.45, 7) is 0. The molecular formula is C10H12S2. The van der Waals surface area contributed by atoms with Crippen molar-refractivity contribution in [3.8, 4) is 0 Å². The van der Waals surface area contributed by atoms with Gasteiger partial charge in [0, 0.05) is 22.5 Å². The van der Waals surface area contributed by atoms with Crippen molar-refractivity contribution in [2.75, 3.05) is 17.3 Å². The summed E-state index contributed by atoms with van der Waals surface area (Å²) in [6.07, 6.45) is 0. The third-order valence-electron chi connectivity index (χ3n) is 1.99. The van der Waals surface area contributed by atoms with Gasteiger partial charge in [-0.3, -0.25) is 0 Å². The van der Waals surface area contributed by atoms with Gasteiger partial charge in [-0.25, -0.2) is 0 Å². The highest BCUT2D eigenvalue weighted by Gasteiger charge is 2.15.